The summed E-state index contributed by atoms with van der Waals surface area (Å²) in [5, 5.41) is 6.23. The number of hydrogen-bond donors (Lipinski definition) is 1. The fraction of sp³-hybridized carbons (Fsp3) is 0.250. The number of hydrazine groups is 1. The third-order valence-electron chi connectivity index (χ3n) is 5.32. The van der Waals surface area contributed by atoms with E-state index in [4.69, 9.17) is 4.74 Å². The van der Waals surface area contributed by atoms with Crippen LogP contribution in [0.15, 0.2) is 60.7 Å². The minimum atomic E-state index is -0.379. The Morgan fingerprint density at radius 3 is 2.50 bits per heavy atom. The number of rotatable bonds is 6. The third kappa shape index (κ3) is 4.54. The van der Waals surface area contributed by atoms with Crippen molar-refractivity contribution in [2.75, 3.05) is 26.7 Å². The standard InChI is InChI=1S/C24H24N4O4/c1-32-21-15-20(26-19-11-6-5-10-18(19)21)24(31)28-13-7-12-27(28)23(30)16-25-22(29)14-17-8-3-2-4-9-17/h2-6,8-11,15H,7,12-14,16H2,1H3,(H,25,29). The smallest absolute Gasteiger partial charge is 0.291 e. The van der Waals surface area contributed by atoms with Gasteiger partial charge >= 0.3 is 0 Å². The number of methoxy groups -OCH3 is 1. The highest BCUT2D eigenvalue weighted by atomic mass is 16.5. The van der Waals surface area contributed by atoms with Crippen LogP contribution in [0.5, 0.6) is 5.75 Å². The van der Waals surface area contributed by atoms with Gasteiger partial charge in [-0.05, 0) is 24.1 Å². The van der Waals surface area contributed by atoms with Crippen LogP contribution in [-0.2, 0) is 16.0 Å². The summed E-state index contributed by atoms with van der Waals surface area (Å²) >= 11 is 0. The second-order valence-electron chi connectivity index (χ2n) is 7.46. The molecule has 4 rings (SSSR count). The van der Waals surface area contributed by atoms with Crippen molar-refractivity contribution in [3.05, 3.63) is 71.9 Å². The second kappa shape index (κ2) is 9.47. The molecular formula is C24H24N4O4. The van der Waals surface area contributed by atoms with Crippen LogP contribution >= 0.6 is 0 Å². The van der Waals surface area contributed by atoms with E-state index in [0.717, 1.165) is 10.9 Å². The summed E-state index contributed by atoms with van der Waals surface area (Å²) in [6.45, 7) is 0.632. The first-order valence-electron chi connectivity index (χ1n) is 10.4. The minimum absolute atomic E-state index is 0.177. The Hall–Kier alpha value is -3.94. The highest BCUT2D eigenvalue weighted by Gasteiger charge is 2.32. The Bertz CT molecular complexity index is 1150. The number of ether oxygens (including phenoxy) is 1. The number of amides is 3. The topological polar surface area (TPSA) is 91.8 Å². The molecule has 1 fully saturated rings. The van der Waals surface area contributed by atoms with Gasteiger partial charge in [0.25, 0.3) is 11.8 Å². The molecule has 1 aliphatic heterocycles. The Labute approximate surface area is 185 Å². The van der Waals surface area contributed by atoms with Crippen molar-refractivity contribution in [2.45, 2.75) is 12.8 Å². The first-order valence-corrected chi connectivity index (χ1v) is 10.4. The maximum Gasteiger partial charge on any atom is 0.291 e. The molecule has 8 nitrogen and oxygen atoms in total. The van der Waals surface area contributed by atoms with E-state index in [0.29, 0.717) is 30.8 Å². The third-order valence-corrected chi connectivity index (χ3v) is 5.32. The van der Waals surface area contributed by atoms with Gasteiger partial charge in [-0.2, -0.15) is 0 Å². The first kappa shape index (κ1) is 21.3. The van der Waals surface area contributed by atoms with Gasteiger partial charge in [0, 0.05) is 24.5 Å². The summed E-state index contributed by atoms with van der Waals surface area (Å²) < 4.78 is 5.43. The van der Waals surface area contributed by atoms with E-state index in [9.17, 15) is 14.4 Å². The quantitative estimate of drug-likeness (QED) is 0.645. The summed E-state index contributed by atoms with van der Waals surface area (Å²) in [5.41, 5.74) is 1.71. The Morgan fingerprint density at radius 1 is 1.00 bits per heavy atom. The van der Waals surface area contributed by atoms with E-state index in [2.05, 4.69) is 10.3 Å². The van der Waals surface area contributed by atoms with Gasteiger partial charge in [-0.25, -0.2) is 15.0 Å². The summed E-state index contributed by atoms with van der Waals surface area (Å²) in [6, 6.07) is 18.3. The molecule has 0 spiro atoms. The molecule has 2 aromatic carbocycles. The van der Waals surface area contributed by atoms with Crippen molar-refractivity contribution in [2.24, 2.45) is 0 Å². The second-order valence-corrected chi connectivity index (χ2v) is 7.46. The molecule has 0 unspecified atom stereocenters. The van der Waals surface area contributed by atoms with Gasteiger partial charge in [-0.15, -0.1) is 0 Å². The molecule has 1 N–H and O–H groups in total. The summed E-state index contributed by atoms with van der Waals surface area (Å²) in [7, 11) is 1.54. The lowest BCUT2D eigenvalue weighted by atomic mass is 10.1. The number of carbonyl (C=O) groups excluding carboxylic acids is 3. The van der Waals surface area contributed by atoms with E-state index in [-0.39, 0.29) is 36.4 Å². The molecule has 1 aliphatic rings. The van der Waals surface area contributed by atoms with Crippen molar-refractivity contribution < 1.29 is 19.1 Å². The lowest BCUT2D eigenvalue weighted by Crippen LogP contribution is -2.48. The minimum Gasteiger partial charge on any atom is -0.496 e. The van der Waals surface area contributed by atoms with E-state index >= 15 is 0 Å². The largest absolute Gasteiger partial charge is 0.496 e. The van der Waals surface area contributed by atoms with Gasteiger partial charge in [-0.1, -0.05) is 42.5 Å². The van der Waals surface area contributed by atoms with Crippen molar-refractivity contribution in [3.8, 4) is 5.75 Å². The molecule has 3 amide bonds. The van der Waals surface area contributed by atoms with Crippen molar-refractivity contribution in [1.29, 1.82) is 0 Å². The van der Waals surface area contributed by atoms with Crippen LogP contribution in [0, 0.1) is 0 Å². The van der Waals surface area contributed by atoms with Crippen LogP contribution < -0.4 is 10.1 Å². The van der Waals surface area contributed by atoms with Crippen LogP contribution in [0.4, 0.5) is 0 Å². The number of aromatic nitrogens is 1. The lowest BCUT2D eigenvalue weighted by Gasteiger charge is -2.28. The Kier molecular flexibility index (Phi) is 6.30. The van der Waals surface area contributed by atoms with Crippen LogP contribution in [0.3, 0.4) is 0 Å². The number of fused-ring (bicyclic) bond motifs is 1. The predicted octanol–water partition coefficient (Wildman–Crippen LogP) is 2.19. The van der Waals surface area contributed by atoms with Crippen molar-refractivity contribution in [3.63, 3.8) is 0 Å². The fourth-order valence-electron chi connectivity index (χ4n) is 3.75. The molecule has 164 valence electrons. The maximum atomic E-state index is 13.2. The SMILES string of the molecule is COc1cc(C(=O)N2CCCN2C(=O)CNC(=O)Cc2ccccc2)nc2ccccc12. The van der Waals surface area contributed by atoms with Gasteiger partial charge in [0.1, 0.15) is 11.4 Å². The highest BCUT2D eigenvalue weighted by molar-refractivity contribution is 5.98. The summed E-state index contributed by atoms with van der Waals surface area (Å²) in [4.78, 5) is 42.6. The van der Waals surface area contributed by atoms with Crippen molar-refractivity contribution >= 4 is 28.6 Å². The number of benzene rings is 2. The van der Waals surface area contributed by atoms with Gasteiger partial charge in [0.05, 0.1) is 25.6 Å². The number of para-hydroxylation sites is 1. The number of carbonyl (C=O) groups is 3. The highest BCUT2D eigenvalue weighted by Crippen LogP contribution is 2.26. The molecule has 1 saturated heterocycles. The molecular weight excluding hydrogens is 408 g/mol. The van der Waals surface area contributed by atoms with Gasteiger partial charge < -0.3 is 10.1 Å². The predicted molar refractivity (Wildman–Crippen MR) is 119 cm³/mol. The van der Waals surface area contributed by atoms with E-state index < -0.39 is 0 Å². The monoisotopic (exact) mass is 432 g/mol. The molecule has 0 atom stereocenters. The Balaban J connectivity index is 1.44. The lowest BCUT2D eigenvalue weighted by molar-refractivity contribution is -0.140. The summed E-state index contributed by atoms with van der Waals surface area (Å²) in [6.07, 6.45) is 0.845. The zero-order valence-electron chi connectivity index (χ0n) is 17.8. The zero-order valence-corrected chi connectivity index (χ0v) is 17.8. The molecule has 0 saturated carbocycles. The van der Waals surface area contributed by atoms with E-state index in [1.165, 1.54) is 10.0 Å². The average molecular weight is 432 g/mol. The van der Waals surface area contributed by atoms with Gasteiger partial charge in [0.15, 0.2) is 0 Å². The average Bonchev–Trinajstić information content (AvgIpc) is 3.32. The van der Waals surface area contributed by atoms with E-state index in [1.807, 2.05) is 54.6 Å². The first-order chi connectivity index (χ1) is 15.6. The number of nitrogens with one attached hydrogen (secondary N) is 1. The number of hydrogen-bond acceptors (Lipinski definition) is 5. The number of pyridine rings is 1. The van der Waals surface area contributed by atoms with Crippen LogP contribution in [-0.4, -0.2) is 59.5 Å². The van der Waals surface area contributed by atoms with E-state index in [1.54, 1.807) is 13.2 Å². The van der Waals surface area contributed by atoms with Gasteiger partial charge in [-0.3, -0.25) is 14.4 Å². The van der Waals surface area contributed by atoms with Gasteiger partial charge in [0.2, 0.25) is 5.91 Å². The molecule has 1 aromatic heterocycles. The molecule has 0 radical (unpaired) electrons. The molecule has 32 heavy (non-hydrogen) atoms. The number of nitrogens with zero attached hydrogens (tertiary/aromatic N) is 3. The molecule has 0 bridgehead atoms. The Morgan fingerprint density at radius 2 is 1.72 bits per heavy atom. The fourth-order valence-corrected chi connectivity index (χ4v) is 3.75. The van der Waals surface area contributed by atoms with Crippen LogP contribution in [0.25, 0.3) is 10.9 Å². The molecule has 3 aromatic rings. The normalized spacial score (nSPS) is 13.3. The molecule has 2 heterocycles. The molecule has 8 heteroatoms. The van der Waals surface area contributed by atoms with Crippen molar-refractivity contribution in [1.82, 2.24) is 20.3 Å². The zero-order chi connectivity index (χ0) is 22.5. The van der Waals surface area contributed by atoms with Crippen LogP contribution in [0.1, 0.15) is 22.5 Å². The molecule has 0 aliphatic carbocycles. The van der Waals surface area contributed by atoms with Crippen LogP contribution in [0.2, 0.25) is 0 Å². The maximum absolute atomic E-state index is 13.2. The summed E-state index contributed by atoms with van der Waals surface area (Å²) in [5.74, 6) is -0.424.